The molecule has 0 aromatic heterocycles. The molecule has 1 aliphatic carbocycles. The lowest BCUT2D eigenvalue weighted by Gasteiger charge is -2.29. The Bertz CT molecular complexity index is 442. The molecule has 1 aliphatic heterocycles. The summed E-state index contributed by atoms with van der Waals surface area (Å²) in [5.74, 6) is 0.268. The fourth-order valence-corrected chi connectivity index (χ4v) is 5.09. The molecule has 6 heteroatoms. The Morgan fingerprint density at radius 3 is 2.29 bits per heavy atom. The Morgan fingerprint density at radius 2 is 1.71 bits per heavy atom. The number of likely N-dealkylation sites (N-methyl/N-ethyl adjacent to an activating group) is 1. The van der Waals surface area contributed by atoms with Gasteiger partial charge in [-0.1, -0.05) is 32.1 Å². The van der Waals surface area contributed by atoms with Gasteiger partial charge in [0.05, 0.1) is 18.1 Å². The van der Waals surface area contributed by atoms with E-state index >= 15 is 0 Å². The number of carbonyl (C=O) groups excluding carboxylic acids is 1. The van der Waals surface area contributed by atoms with Crippen molar-refractivity contribution in [3.63, 3.8) is 0 Å². The van der Waals surface area contributed by atoms with E-state index in [1.807, 2.05) is 7.05 Å². The number of rotatable bonds is 4. The molecule has 0 aromatic carbocycles. The summed E-state index contributed by atoms with van der Waals surface area (Å²) in [6, 6.07) is 0.302. The molecular formula is C15H28N2O3S. The highest BCUT2D eigenvalue weighted by Gasteiger charge is 2.29. The minimum absolute atomic E-state index is 0.0401. The number of amides is 1. The fourth-order valence-electron chi connectivity index (χ4n) is 3.41. The third-order valence-electron chi connectivity index (χ3n) is 4.69. The van der Waals surface area contributed by atoms with Gasteiger partial charge in [0, 0.05) is 12.1 Å². The van der Waals surface area contributed by atoms with E-state index in [4.69, 9.17) is 0 Å². The van der Waals surface area contributed by atoms with E-state index in [0.29, 0.717) is 19.0 Å². The van der Waals surface area contributed by atoms with Crippen molar-refractivity contribution in [2.24, 2.45) is 0 Å². The Kier molecular flexibility index (Phi) is 6.05. The number of sulfone groups is 1. The first-order chi connectivity index (χ1) is 9.96. The highest BCUT2D eigenvalue weighted by Crippen LogP contribution is 2.20. The largest absolute Gasteiger partial charge is 0.351 e. The maximum absolute atomic E-state index is 12.1. The molecule has 21 heavy (non-hydrogen) atoms. The van der Waals surface area contributed by atoms with Gasteiger partial charge in [0.2, 0.25) is 5.91 Å². The maximum atomic E-state index is 12.1. The summed E-state index contributed by atoms with van der Waals surface area (Å²) in [5.41, 5.74) is 0. The lowest BCUT2D eigenvalue weighted by atomic mass is 9.96. The lowest BCUT2D eigenvalue weighted by Crippen LogP contribution is -2.44. The summed E-state index contributed by atoms with van der Waals surface area (Å²) in [7, 11) is -0.916. The molecule has 2 aliphatic rings. The predicted octanol–water partition coefficient (Wildman–Crippen LogP) is 1.33. The van der Waals surface area contributed by atoms with E-state index < -0.39 is 9.84 Å². The monoisotopic (exact) mass is 316 g/mol. The first-order valence-electron chi connectivity index (χ1n) is 8.16. The Labute approximate surface area is 128 Å². The molecule has 0 aromatic rings. The molecule has 5 nitrogen and oxygen atoms in total. The molecule has 122 valence electrons. The van der Waals surface area contributed by atoms with Crippen LogP contribution in [0, 0.1) is 0 Å². The summed E-state index contributed by atoms with van der Waals surface area (Å²) < 4.78 is 22.8. The van der Waals surface area contributed by atoms with Crippen molar-refractivity contribution in [2.75, 3.05) is 25.1 Å². The van der Waals surface area contributed by atoms with Crippen LogP contribution in [0.2, 0.25) is 0 Å². The van der Waals surface area contributed by atoms with E-state index in [1.54, 1.807) is 0 Å². The summed E-state index contributed by atoms with van der Waals surface area (Å²) in [5, 5.41) is 2.87. The summed E-state index contributed by atoms with van der Waals surface area (Å²) in [4.78, 5) is 14.2. The molecule has 0 radical (unpaired) electrons. The molecule has 1 N–H and O–H groups in total. The van der Waals surface area contributed by atoms with Gasteiger partial charge >= 0.3 is 0 Å². The van der Waals surface area contributed by atoms with E-state index in [2.05, 4.69) is 10.2 Å². The zero-order valence-corrected chi connectivity index (χ0v) is 13.8. The van der Waals surface area contributed by atoms with Gasteiger partial charge in [-0.05, 0) is 26.3 Å². The summed E-state index contributed by atoms with van der Waals surface area (Å²) in [6.45, 7) is 0.376. The molecule has 0 bridgehead atoms. The fraction of sp³-hybridized carbons (Fsp3) is 0.933. The number of hydrogen-bond acceptors (Lipinski definition) is 4. The van der Waals surface area contributed by atoms with E-state index in [0.717, 1.165) is 0 Å². The van der Waals surface area contributed by atoms with Crippen LogP contribution in [0.1, 0.15) is 51.4 Å². The number of nitrogens with zero attached hydrogens (tertiary/aromatic N) is 1. The average molecular weight is 316 g/mol. The summed E-state index contributed by atoms with van der Waals surface area (Å²) >= 11 is 0. The van der Waals surface area contributed by atoms with Crippen molar-refractivity contribution >= 4 is 15.7 Å². The second kappa shape index (κ2) is 7.58. The standard InChI is InChI=1S/C15H28N2O3S/c1-17(14-7-5-3-2-4-6-8-14)11-15(18)16-13-9-10-21(19,20)12-13/h13-14H,2-12H2,1H3,(H,16,18)/t13-/m1/s1. The van der Waals surface area contributed by atoms with Crippen LogP contribution in [0.25, 0.3) is 0 Å². The zero-order valence-electron chi connectivity index (χ0n) is 13.0. The van der Waals surface area contributed by atoms with Crippen LogP contribution in [-0.4, -0.2) is 56.4 Å². The van der Waals surface area contributed by atoms with Gasteiger partial charge in [0.25, 0.3) is 0 Å². The second-order valence-corrected chi connectivity index (χ2v) is 8.81. The molecule has 2 fully saturated rings. The van der Waals surface area contributed by atoms with Crippen LogP contribution in [0.5, 0.6) is 0 Å². The molecule has 2 rings (SSSR count). The maximum Gasteiger partial charge on any atom is 0.234 e. The van der Waals surface area contributed by atoms with Crippen LogP contribution in [-0.2, 0) is 14.6 Å². The molecular weight excluding hydrogens is 288 g/mol. The van der Waals surface area contributed by atoms with E-state index in [-0.39, 0.29) is 23.5 Å². The Balaban J connectivity index is 1.75. The smallest absolute Gasteiger partial charge is 0.234 e. The van der Waals surface area contributed by atoms with Crippen LogP contribution >= 0.6 is 0 Å². The van der Waals surface area contributed by atoms with E-state index in [1.165, 1.54) is 44.9 Å². The third-order valence-corrected chi connectivity index (χ3v) is 6.46. The van der Waals surface area contributed by atoms with Crippen molar-refractivity contribution in [1.82, 2.24) is 10.2 Å². The average Bonchev–Trinajstić information content (AvgIpc) is 2.67. The van der Waals surface area contributed by atoms with Gasteiger partial charge in [-0.3, -0.25) is 9.69 Å². The topological polar surface area (TPSA) is 66.5 Å². The third kappa shape index (κ3) is 5.58. The second-order valence-electron chi connectivity index (χ2n) is 6.58. The first-order valence-corrected chi connectivity index (χ1v) is 9.98. The van der Waals surface area contributed by atoms with Crippen LogP contribution in [0.15, 0.2) is 0 Å². The molecule has 1 heterocycles. The van der Waals surface area contributed by atoms with Gasteiger partial charge in [-0.25, -0.2) is 8.42 Å². The normalized spacial score (nSPS) is 27.2. The highest BCUT2D eigenvalue weighted by atomic mass is 32.2. The van der Waals surface area contributed by atoms with Gasteiger partial charge in [0.1, 0.15) is 0 Å². The van der Waals surface area contributed by atoms with Crippen molar-refractivity contribution in [1.29, 1.82) is 0 Å². The molecule has 0 unspecified atom stereocenters. The minimum atomic E-state index is -2.93. The predicted molar refractivity (Wildman–Crippen MR) is 83.9 cm³/mol. The SMILES string of the molecule is CN(CC(=O)N[C@@H]1CCS(=O)(=O)C1)C1CCCCCCC1. The minimum Gasteiger partial charge on any atom is -0.351 e. The van der Waals surface area contributed by atoms with Crippen LogP contribution < -0.4 is 5.32 Å². The molecule has 0 spiro atoms. The lowest BCUT2D eigenvalue weighted by molar-refractivity contribution is -0.123. The quantitative estimate of drug-likeness (QED) is 0.850. The van der Waals surface area contributed by atoms with Crippen molar-refractivity contribution in [3.8, 4) is 0 Å². The Morgan fingerprint density at radius 1 is 1.10 bits per heavy atom. The molecule has 1 atom stereocenters. The molecule has 1 saturated heterocycles. The number of nitrogens with one attached hydrogen (secondary N) is 1. The van der Waals surface area contributed by atoms with Gasteiger partial charge in [-0.15, -0.1) is 0 Å². The number of hydrogen-bond donors (Lipinski definition) is 1. The van der Waals surface area contributed by atoms with Crippen LogP contribution in [0.4, 0.5) is 0 Å². The zero-order chi connectivity index (χ0) is 15.3. The van der Waals surface area contributed by atoms with Gasteiger partial charge in [-0.2, -0.15) is 0 Å². The Hall–Kier alpha value is -0.620. The first kappa shape index (κ1) is 16.7. The van der Waals surface area contributed by atoms with Crippen molar-refractivity contribution in [3.05, 3.63) is 0 Å². The molecule has 1 amide bonds. The van der Waals surface area contributed by atoms with Gasteiger partial charge < -0.3 is 5.32 Å². The number of carbonyl (C=O) groups is 1. The molecule has 1 saturated carbocycles. The van der Waals surface area contributed by atoms with Gasteiger partial charge in [0.15, 0.2) is 9.84 Å². The highest BCUT2D eigenvalue weighted by molar-refractivity contribution is 7.91. The summed E-state index contributed by atoms with van der Waals surface area (Å²) in [6.07, 6.45) is 9.33. The van der Waals surface area contributed by atoms with Crippen molar-refractivity contribution in [2.45, 2.75) is 63.5 Å². The van der Waals surface area contributed by atoms with Crippen molar-refractivity contribution < 1.29 is 13.2 Å². The van der Waals surface area contributed by atoms with E-state index in [9.17, 15) is 13.2 Å². The van der Waals surface area contributed by atoms with Crippen LogP contribution in [0.3, 0.4) is 0 Å².